The average Bonchev–Trinajstić information content (AvgIpc) is 2.83. The van der Waals surface area contributed by atoms with Gasteiger partial charge >= 0.3 is 0 Å². The van der Waals surface area contributed by atoms with E-state index in [-0.39, 0.29) is 0 Å². The van der Waals surface area contributed by atoms with Crippen molar-refractivity contribution in [3.05, 3.63) is 11.9 Å². The van der Waals surface area contributed by atoms with Gasteiger partial charge in [-0.2, -0.15) is 11.8 Å². The average molecular weight is 252 g/mol. The lowest BCUT2D eigenvalue weighted by atomic mass is 10.1. The molecular weight excluding hydrogens is 232 g/mol. The predicted molar refractivity (Wildman–Crippen MR) is 74.4 cm³/mol. The fraction of sp³-hybridized carbons (Fsp3) is 0.667. The molecular formula is C12H20N4S. The number of aromatic nitrogens is 2. The summed E-state index contributed by atoms with van der Waals surface area (Å²) in [6.45, 7) is 3.14. The third-order valence-electron chi connectivity index (χ3n) is 3.06. The topological polar surface area (TPSA) is 63.8 Å². The molecule has 1 aromatic heterocycles. The fourth-order valence-corrected chi connectivity index (χ4v) is 3.34. The molecule has 0 spiro atoms. The molecule has 2 heterocycles. The molecule has 94 valence electrons. The van der Waals surface area contributed by atoms with Crippen molar-refractivity contribution in [3.63, 3.8) is 0 Å². The van der Waals surface area contributed by atoms with Crippen molar-refractivity contribution >= 4 is 23.4 Å². The van der Waals surface area contributed by atoms with E-state index >= 15 is 0 Å². The van der Waals surface area contributed by atoms with E-state index in [4.69, 9.17) is 5.73 Å². The van der Waals surface area contributed by atoms with Crippen molar-refractivity contribution in [2.75, 3.05) is 29.1 Å². The summed E-state index contributed by atoms with van der Waals surface area (Å²) in [5, 5.41) is 3.44. The van der Waals surface area contributed by atoms with Crippen LogP contribution in [-0.4, -0.2) is 28.0 Å². The molecule has 2 rings (SSSR count). The third-order valence-corrected chi connectivity index (χ3v) is 4.29. The molecule has 1 unspecified atom stereocenters. The van der Waals surface area contributed by atoms with Crippen molar-refractivity contribution in [2.45, 2.75) is 26.2 Å². The van der Waals surface area contributed by atoms with Gasteiger partial charge in [0.15, 0.2) is 0 Å². The van der Waals surface area contributed by atoms with Gasteiger partial charge in [-0.05, 0) is 30.3 Å². The van der Waals surface area contributed by atoms with Crippen LogP contribution in [0.4, 0.5) is 11.6 Å². The lowest BCUT2D eigenvalue weighted by Crippen LogP contribution is -2.16. The highest BCUT2D eigenvalue weighted by molar-refractivity contribution is 7.99. The number of rotatable bonds is 5. The molecule has 0 amide bonds. The highest BCUT2D eigenvalue weighted by atomic mass is 32.2. The van der Waals surface area contributed by atoms with Gasteiger partial charge in [-0.3, -0.25) is 0 Å². The zero-order chi connectivity index (χ0) is 12.1. The second kappa shape index (κ2) is 6.10. The number of hydrogen-bond donors (Lipinski definition) is 2. The van der Waals surface area contributed by atoms with Gasteiger partial charge in [0.2, 0.25) is 0 Å². The first-order chi connectivity index (χ1) is 8.31. The zero-order valence-electron chi connectivity index (χ0n) is 10.3. The number of nitrogens with two attached hydrogens (primary N) is 1. The van der Waals surface area contributed by atoms with Crippen LogP contribution in [0.3, 0.4) is 0 Å². The van der Waals surface area contributed by atoms with Crippen molar-refractivity contribution in [2.24, 2.45) is 5.92 Å². The number of thioether (sulfide) groups is 1. The highest BCUT2D eigenvalue weighted by Gasteiger charge is 2.16. The van der Waals surface area contributed by atoms with Crippen LogP contribution in [0.25, 0.3) is 0 Å². The predicted octanol–water partition coefficient (Wildman–Crippen LogP) is 2.18. The van der Waals surface area contributed by atoms with E-state index in [2.05, 4.69) is 22.2 Å². The van der Waals surface area contributed by atoms with E-state index in [1.165, 1.54) is 17.9 Å². The Morgan fingerprint density at radius 1 is 1.53 bits per heavy atom. The number of nitrogen functional groups attached to an aromatic ring is 1. The van der Waals surface area contributed by atoms with Crippen LogP contribution in [-0.2, 0) is 6.42 Å². The second-order valence-electron chi connectivity index (χ2n) is 4.45. The van der Waals surface area contributed by atoms with Gasteiger partial charge in [-0.25, -0.2) is 9.97 Å². The number of anilines is 2. The molecule has 1 aliphatic rings. The smallest absolute Gasteiger partial charge is 0.134 e. The monoisotopic (exact) mass is 252 g/mol. The van der Waals surface area contributed by atoms with Crippen LogP contribution in [0, 0.1) is 5.92 Å². The van der Waals surface area contributed by atoms with Gasteiger partial charge in [-0.15, -0.1) is 0 Å². The molecule has 17 heavy (non-hydrogen) atoms. The summed E-state index contributed by atoms with van der Waals surface area (Å²) in [7, 11) is 0. The number of hydrogen-bond acceptors (Lipinski definition) is 5. The largest absolute Gasteiger partial charge is 0.383 e. The Morgan fingerprint density at radius 3 is 3.12 bits per heavy atom. The number of nitrogens with zero attached hydrogens (tertiary/aromatic N) is 2. The number of nitrogens with one attached hydrogen (secondary N) is 1. The first-order valence-corrected chi connectivity index (χ1v) is 7.37. The van der Waals surface area contributed by atoms with E-state index in [1.807, 2.05) is 11.8 Å². The summed E-state index contributed by atoms with van der Waals surface area (Å²) in [5.74, 6) is 4.86. The standard InChI is InChI=1S/C12H20N4S/c1-2-3-10-11(13)15-8-16-12(10)14-6-9-4-5-17-7-9/h8-9H,2-7H2,1H3,(H3,13,14,15,16). The van der Waals surface area contributed by atoms with Crippen LogP contribution in [0.15, 0.2) is 6.33 Å². The molecule has 1 fully saturated rings. The third kappa shape index (κ3) is 3.25. The minimum absolute atomic E-state index is 0.616. The van der Waals surface area contributed by atoms with Crippen molar-refractivity contribution in [1.82, 2.24) is 9.97 Å². The Kier molecular flexibility index (Phi) is 4.48. The first-order valence-electron chi connectivity index (χ1n) is 6.22. The molecule has 3 N–H and O–H groups in total. The maximum Gasteiger partial charge on any atom is 0.134 e. The molecule has 0 aromatic carbocycles. The summed E-state index contributed by atoms with van der Waals surface area (Å²) in [6, 6.07) is 0. The van der Waals surface area contributed by atoms with Crippen molar-refractivity contribution in [1.29, 1.82) is 0 Å². The Labute approximate surface area is 107 Å². The quantitative estimate of drug-likeness (QED) is 0.841. The maximum absolute atomic E-state index is 5.90. The van der Waals surface area contributed by atoms with Gasteiger partial charge in [0.1, 0.15) is 18.0 Å². The van der Waals surface area contributed by atoms with Crippen LogP contribution in [0.1, 0.15) is 25.3 Å². The second-order valence-corrected chi connectivity index (χ2v) is 5.60. The lowest BCUT2D eigenvalue weighted by Gasteiger charge is -2.14. The Balaban J connectivity index is 2.00. The SMILES string of the molecule is CCCc1c(N)ncnc1NCC1CCSC1. The molecule has 0 radical (unpaired) electrons. The molecule has 4 nitrogen and oxygen atoms in total. The minimum atomic E-state index is 0.616. The Morgan fingerprint density at radius 2 is 2.41 bits per heavy atom. The fourth-order valence-electron chi connectivity index (χ4n) is 2.06. The van der Waals surface area contributed by atoms with E-state index in [9.17, 15) is 0 Å². The van der Waals surface area contributed by atoms with Gasteiger partial charge in [0.05, 0.1) is 0 Å². The van der Waals surface area contributed by atoms with E-state index < -0.39 is 0 Å². The van der Waals surface area contributed by atoms with Gasteiger partial charge in [-0.1, -0.05) is 13.3 Å². The molecule has 1 atom stereocenters. The van der Waals surface area contributed by atoms with Crippen LogP contribution >= 0.6 is 11.8 Å². The van der Waals surface area contributed by atoms with Crippen molar-refractivity contribution in [3.8, 4) is 0 Å². The van der Waals surface area contributed by atoms with Gasteiger partial charge in [0.25, 0.3) is 0 Å². The normalized spacial score (nSPS) is 19.5. The van der Waals surface area contributed by atoms with Gasteiger partial charge in [0, 0.05) is 12.1 Å². The molecule has 0 bridgehead atoms. The summed E-state index contributed by atoms with van der Waals surface area (Å²) >= 11 is 2.04. The summed E-state index contributed by atoms with van der Waals surface area (Å²) in [6.07, 6.45) is 4.85. The zero-order valence-corrected chi connectivity index (χ0v) is 11.1. The Hall–Kier alpha value is -0.970. The van der Waals surface area contributed by atoms with E-state index in [1.54, 1.807) is 6.33 Å². The molecule has 1 saturated heterocycles. The molecule has 0 aliphatic carbocycles. The molecule has 5 heteroatoms. The van der Waals surface area contributed by atoms with Crippen LogP contribution in [0.2, 0.25) is 0 Å². The minimum Gasteiger partial charge on any atom is -0.383 e. The van der Waals surface area contributed by atoms with Crippen LogP contribution in [0.5, 0.6) is 0 Å². The lowest BCUT2D eigenvalue weighted by molar-refractivity contribution is 0.629. The van der Waals surface area contributed by atoms with Gasteiger partial charge < -0.3 is 11.1 Å². The molecule has 0 saturated carbocycles. The molecule has 1 aromatic rings. The van der Waals surface area contributed by atoms with E-state index in [0.29, 0.717) is 5.82 Å². The van der Waals surface area contributed by atoms with Crippen LogP contribution < -0.4 is 11.1 Å². The molecule has 1 aliphatic heterocycles. The summed E-state index contributed by atoms with van der Waals surface area (Å²) in [5.41, 5.74) is 6.97. The maximum atomic E-state index is 5.90. The van der Waals surface area contributed by atoms with E-state index in [0.717, 1.165) is 36.7 Å². The highest BCUT2D eigenvalue weighted by Crippen LogP contribution is 2.25. The first kappa shape index (κ1) is 12.5. The van der Waals surface area contributed by atoms with Crippen molar-refractivity contribution < 1.29 is 0 Å². The Bertz CT molecular complexity index is 364. The summed E-state index contributed by atoms with van der Waals surface area (Å²) in [4.78, 5) is 8.37. The summed E-state index contributed by atoms with van der Waals surface area (Å²) < 4.78 is 0.